The van der Waals surface area contributed by atoms with Crippen molar-refractivity contribution in [1.82, 2.24) is 9.80 Å². The van der Waals surface area contributed by atoms with Crippen LogP contribution >= 0.6 is 22.9 Å². The highest BCUT2D eigenvalue weighted by atomic mass is 35.5. The Balaban J connectivity index is 1.39. The van der Waals surface area contributed by atoms with Gasteiger partial charge in [0.2, 0.25) is 0 Å². The number of benzene rings is 1. The van der Waals surface area contributed by atoms with Gasteiger partial charge in [0.25, 0.3) is 5.91 Å². The Kier molecular flexibility index (Phi) is 5.11. The third-order valence-electron chi connectivity index (χ3n) is 4.60. The summed E-state index contributed by atoms with van der Waals surface area (Å²) in [5.74, 6) is 0.930. The average Bonchev–Trinajstić information content (AvgIpc) is 3.34. The lowest BCUT2D eigenvalue weighted by molar-refractivity contribution is 0.0599. The molecule has 3 heterocycles. The molecule has 0 unspecified atom stereocenters. The Hall–Kier alpha value is -2.08. The van der Waals surface area contributed by atoms with E-state index in [1.54, 1.807) is 23.5 Å². The van der Waals surface area contributed by atoms with Crippen LogP contribution in [0, 0.1) is 0 Å². The number of carbonyl (C=O) groups is 1. The Morgan fingerprint density at radius 3 is 2.62 bits per heavy atom. The molecule has 0 bridgehead atoms. The molecule has 26 heavy (non-hydrogen) atoms. The third-order valence-corrected chi connectivity index (χ3v) is 5.66. The quantitative estimate of drug-likeness (QED) is 0.656. The lowest BCUT2D eigenvalue weighted by Crippen LogP contribution is -2.48. The molecule has 134 valence electrons. The van der Waals surface area contributed by atoms with Crippen molar-refractivity contribution in [3.05, 3.63) is 69.6 Å². The number of furan rings is 1. The summed E-state index contributed by atoms with van der Waals surface area (Å²) in [5, 5.41) is 4.89. The van der Waals surface area contributed by atoms with E-state index in [9.17, 15) is 4.79 Å². The zero-order chi connectivity index (χ0) is 17.9. The molecule has 1 aromatic carbocycles. The molecule has 1 aliphatic rings. The molecule has 3 aromatic rings. The fourth-order valence-corrected chi connectivity index (χ4v) is 4.05. The number of hydrogen-bond acceptors (Lipinski definition) is 4. The molecule has 1 amide bonds. The second-order valence-corrected chi connectivity index (χ2v) is 7.53. The monoisotopic (exact) mass is 386 g/mol. The lowest BCUT2D eigenvalue weighted by atomic mass is 10.2. The van der Waals surface area contributed by atoms with Gasteiger partial charge in [-0.15, -0.1) is 0 Å². The highest BCUT2D eigenvalue weighted by Gasteiger charge is 2.24. The molecule has 0 spiro atoms. The predicted molar refractivity (Wildman–Crippen MR) is 105 cm³/mol. The van der Waals surface area contributed by atoms with Gasteiger partial charge in [0.05, 0.1) is 5.02 Å². The van der Waals surface area contributed by atoms with Gasteiger partial charge in [-0.1, -0.05) is 23.7 Å². The van der Waals surface area contributed by atoms with E-state index in [-0.39, 0.29) is 5.91 Å². The second kappa shape index (κ2) is 7.66. The van der Waals surface area contributed by atoms with Crippen LogP contribution in [0.2, 0.25) is 5.02 Å². The normalized spacial score (nSPS) is 15.3. The summed E-state index contributed by atoms with van der Waals surface area (Å²) in [6, 6.07) is 13.2. The van der Waals surface area contributed by atoms with Crippen molar-refractivity contribution >= 4 is 28.8 Å². The summed E-state index contributed by atoms with van der Waals surface area (Å²) in [6.45, 7) is 4.12. The molecular weight excluding hydrogens is 368 g/mol. The summed E-state index contributed by atoms with van der Waals surface area (Å²) in [6.07, 6.45) is 0. The molecule has 4 nitrogen and oxygen atoms in total. The zero-order valence-corrected chi connectivity index (χ0v) is 15.8. The van der Waals surface area contributed by atoms with E-state index in [1.165, 1.54) is 5.56 Å². The van der Waals surface area contributed by atoms with Crippen molar-refractivity contribution in [2.24, 2.45) is 0 Å². The Bertz CT molecular complexity index is 883. The molecule has 0 N–H and O–H groups in total. The molecule has 0 aliphatic carbocycles. The number of piperazine rings is 1. The Labute approximate surface area is 161 Å². The lowest BCUT2D eigenvalue weighted by Gasteiger charge is -2.34. The number of nitrogens with zero attached hydrogens (tertiary/aromatic N) is 2. The van der Waals surface area contributed by atoms with Gasteiger partial charge >= 0.3 is 0 Å². The zero-order valence-electron chi connectivity index (χ0n) is 14.2. The summed E-state index contributed by atoms with van der Waals surface area (Å²) >= 11 is 7.93. The highest BCUT2D eigenvalue weighted by Crippen LogP contribution is 2.29. The fraction of sp³-hybridized carbons (Fsp3) is 0.250. The standard InChI is InChI=1S/C20H19ClN2O2S/c21-17-4-2-1-3-16(17)18-5-6-19(25-18)20(24)23-10-8-22(9-11-23)13-15-7-12-26-14-15/h1-7,12,14H,8-11,13H2. The average molecular weight is 387 g/mol. The largest absolute Gasteiger partial charge is 0.451 e. The minimum absolute atomic E-state index is 0.0570. The molecule has 0 atom stereocenters. The molecule has 1 fully saturated rings. The van der Waals surface area contributed by atoms with Crippen LogP contribution in [-0.2, 0) is 6.54 Å². The van der Waals surface area contributed by atoms with Crippen molar-refractivity contribution in [2.75, 3.05) is 26.2 Å². The molecule has 0 saturated carbocycles. The summed E-state index contributed by atoms with van der Waals surface area (Å²) < 4.78 is 5.79. The maximum Gasteiger partial charge on any atom is 0.289 e. The topological polar surface area (TPSA) is 36.7 Å². The van der Waals surface area contributed by atoms with E-state index in [4.69, 9.17) is 16.0 Å². The first-order chi connectivity index (χ1) is 12.7. The highest BCUT2D eigenvalue weighted by molar-refractivity contribution is 7.07. The smallest absolute Gasteiger partial charge is 0.289 e. The van der Waals surface area contributed by atoms with Crippen molar-refractivity contribution in [3.63, 3.8) is 0 Å². The van der Waals surface area contributed by atoms with E-state index < -0.39 is 0 Å². The van der Waals surface area contributed by atoms with Gasteiger partial charge in [0, 0.05) is 38.3 Å². The molecule has 0 radical (unpaired) electrons. The van der Waals surface area contributed by atoms with Crippen LogP contribution in [0.3, 0.4) is 0 Å². The van der Waals surface area contributed by atoms with Crippen LogP contribution in [0.15, 0.2) is 57.6 Å². The van der Waals surface area contributed by atoms with Gasteiger partial charge in [-0.05, 0) is 46.7 Å². The molecule has 2 aromatic heterocycles. The summed E-state index contributed by atoms with van der Waals surface area (Å²) in [7, 11) is 0. The van der Waals surface area contributed by atoms with Gasteiger partial charge in [-0.2, -0.15) is 11.3 Å². The van der Waals surface area contributed by atoms with Crippen LogP contribution in [0.1, 0.15) is 16.1 Å². The first-order valence-corrected chi connectivity index (χ1v) is 9.90. The van der Waals surface area contributed by atoms with Crippen LogP contribution in [0.4, 0.5) is 0 Å². The van der Waals surface area contributed by atoms with Crippen molar-refractivity contribution in [2.45, 2.75) is 6.54 Å². The van der Waals surface area contributed by atoms with E-state index in [1.807, 2.05) is 29.2 Å². The predicted octanol–water partition coefficient (Wildman–Crippen LogP) is 4.62. The number of rotatable bonds is 4. The fourth-order valence-electron chi connectivity index (χ4n) is 3.16. The number of carbonyl (C=O) groups excluding carboxylic acids is 1. The van der Waals surface area contributed by atoms with E-state index >= 15 is 0 Å². The maximum atomic E-state index is 12.7. The van der Waals surface area contributed by atoms with Gasteiger partial charge in [0.15, 0.2) is 5.76 Å². The number of amides is 1. The van der Waals surface area contributed by atoms with Crippen LogP contribution in [-0.4, -0.2) is 41.9 Å². The first kappa shape index (κ1) is 17.3. The maximum absolute atomic E-state index is 12.7. The first-order valence-electron chi connectivity index (χ1n) is 8.58. The van der Waals surface area contributed by atoms with Gasteiger partial charge < -0.3 is 9.32 Å². The van der Waals surface area contributed by atoms with Crippen molar-refractivity contribution in [1.29, 1.82) is 0 Å². The van der Waals surface area contributed by atoms with Gasteiger partial charge in [-0.25, -0.2) is 0 Å². The van der Waals surface area contributed by atoms with Gasteiger partial charge in [-0.3, -0.25) is 9.69 Å². The van der Waals surface area contributed by atoms with Crippen LogP contribution in [0.25, 0.3) is 11.3 Å². The van der Waals surface area contributed by atoms with Crippen LogP contribution < -0.4 is 0 Å². The van der Waals surface area contributed by atoms with Crippen molar-refractivity contribution in [3.8, 4) is 11.3 Å². The molecule has 1 aliphatic heterocycles. The number of halogens is 1. The minimum Gasteiger partial charge on any atom is -0.451 e. The van der Waals surface area contributed by atoms with E-state index in [0.717, 1.165) is 25.2 Å². The number of hydrogen-bond donors (Lipinski definition) is 0. The molecule has 6 heteroatoms. The van der Waals surface area contributed by atoms with Gasteiger partial charge in [0.1, 0.15) is 5.76 Å². The summed E-state index contributed by atoms with van der Waals surface area (Å²) in [5.41, 5.74) is 2.14. The minimum atomic E-state index is -0.0570. The third kappa shape index (κ3) is 3.70. The molecule has 1 saturated heterocycles. The second-order valence-electron chi connectivity index (χ2n) is 6.34. The Morgan fingerprint density at radius 1 is 1.08 bits per heavy atom. The SMILES string of the molecule is O=C(c1ccc(-c2ccccc2Cl)o1)N1CCN(Cc2ccsc2)CC1. The summed E-state index contributed by atoms with van der Waals surface area (Å²) in [4.78, 5) is 17.0. The van der Waals surface area contributed by atoms with Crippen molar-refractivity contribution < 1.29 is 9.21 Å². The van der Waals surface area contributed by atoms with E-state index in [2.05, 4.69) is 21.7 Å². The Morgan fingerprint density at radius 2 is 1.88 bits per heavy atom. The molecular formula is C20H19ClN2O2S. The number of thiophene rings is 1. The van der Waals surface area contributed by atoms with E-state index in [0.29, 0.717) is 29.6 Å². The molecule has 4 rings (SSSR count). The van der Waals surface area contributed by atoms with Crippen LogP contribution in [0.5, 0.6) is 0 Å².